The van der Waals surface area contributed by atoms with Crippen molar-refractivity contribution in [3.05, 3.63) is 46.6 Å². The average Bonchev–Trinajstić information content (AvgIpc) is 3.07. The van der Waals surface area contributed by atoms with Crippen LogP contribution in [-0.2, 0) is 0 Å². The van der Waals surface area contributed by atoms with Gasteiger partial charge in [0, 0.05) is 16.2 Å². The van der Waals surface area contributed by atoms with Crippen LogP contribution in [0.15, 0.2) is 40.9 Å². The quantitative estimate of drug-likeness (QED) is 0.933. The number of halogens is 1. The van der Waals surface area contributed by atoms with Gasteiger partial charge in [-0.1, -0.05) is 28.1 Å². The van der Waals surface area contributed by atoms with E-state index in [1.165, 1.54) is 0 Å². The highest BCUT2D eigenvalue weighted by molar-refractivity contribution is 9.10. The van der Waals surface area contributed by atoms with Crippen molar-refractivity contribution in [3.8, 4) is 11.3 Å². The normalized spacial score (nSPS) is 14.7. The van der Waals surface area contributed by atoms with Gasteiger partial charge >= 0.3 is 5.97 Å². The van der Waals surface area contributed by atoms with Gasteiger partial charge < -0.3 is 9.67 Å². The summed E-state index contributed by atoms with van der Waals surface area (Å²) in [4.78, 5) is 11.2. The standard InChI is InChI=1S/C14H12BrNO2/c15-10-3-1-2-9(8-10)12-6-7-13(14(17)18)16(12)11-4-5-11/h1-3,6-8,11H,4-5H2,(H,17,18). The van der Waals surface area contributed by atoms with Gasteiger partial charge in [0.05, 0.1) is 0 Å². The number of benzene rings is 1. The molecule has 1 heterocycles. The monoisotopic (exact) mass is 305 g/mol. The molecule has 1 aromatic carbocycles. The van der Waals surface area contributed by atoms with Crippen LogP contribution in [0.2, 0.25) is 0 Å². The smallest absolute Gasteiger partial charge is 0.352 e. The zero-order chi connectivity index (χ0) is 12.7. The molecular formula is C14H12BrNO2. The first-order valence-corrected chi connectivity index (χ1v) is 6.66. The van der Waals surface area contributed by atoms with Crippen molar-refractivity contribution in [1.82, 2.24) is 4.57 Å². The molecule has 1 aliphatic rings. The van der Waals surface area contributed by atoms with E-state index in [4.69, 9.17) is 0 Å². The zero-order valence-electron chi connectivity index (χ0n) is 9.64. The predicted molar refractivity (Wildman–Crippen MR) is 72.8 cm³/mol. The van der Waals surface area contributed by atoms with Crippen LogP contribution in [0.3, 0.4) is 0 Å². The largest absolute Gasteiger partial charge is 0.477 e. The van der Waals surface area contributed by atoms with E-state index >= 15 is 0 Å². The lowest BCUT2D eigenvalue weighted by atomic mass is 10.1. The number of aromatic nitrogens is 1. The maximum atomic E-state index is 11.2. The molecule has 4 heteroatoms. The van der Waals surface area contributed by atoms with Crippen LogP contribution in [0.4, 0.5) is 0 Å². The fourth-order valence-corrected chi connectivity index (χ4v) is 2.63. The summed E-state index contributed by atoms with van der Waals surface area (Å²) >= 11 is 3.45. The summed E-state index contributed by atoms with van der Waals surface area (Å²) in [5.41, 5.74) is 2.41. The minimum atomic E-state index is -0.858. The Kier molecular flexibility index (Phi) is 2.74. The molecule has 3 nitrogen and oxygen atoms in total. The molecule has 1 N–H and O–H groups in total. The Morgan fingerprint density at radius 3 is 2.67 bits per heavy atom. The van der Waals surface area contributed by atoms with Gasteiger partial charge in [-0.05, 0) is 42.7 Å². The fraction of sp³-hybridized carbons (Fsp3) is 0.214. The van der Waals surface area contributed by atoms with Gasteiger partial charge in [0.1, 0.15) is 5.69 Å². The summed E-state index contributed by atoms with van der Waals surface area (Å²) in [5.74, 6) is -0.858. The summed E-state index contributed by atoms with van der Waals surface area (Å²) in [7, 11) is 0. The third kappa shape index (κ3) is 1.97. The Balaban J connectivity index is 2.15. The summed E-state index contributed by atoms with van der Waals surface area (Å²) < 4.78 is 2.95. The molecule has 1 aromatic heterocycles. The highest BCUT2D eigenvalue weighted by atomic mass is 79.9. The van der Waals surface area contributed by atoms with Crippen molar-refractivity contribution < 1.29 is 9.90 Å². The second kappa shape index (κ2) is 4.28. The topological polar surface area (TPSA) is 42.2 Å². The lowest BCUT2D eigenvalue weighted by Crippen LogP contribution is -2.08. The van der Waals surface area contributed by atoms with Crippen molar-refractivity contribution in [1.29, 1.82) is 0 Å². The van der Waals surface area contributed by atoms with E-state index in [2.05, 4.69) is 15.9 Å². The highest BCUT2D eigenvalue weighted by Crippen LogP contribution is 2.40. The second-order valence-electron chi connectivity index (χ2n) is 4.52. The van der Waals surface area contributed by atoms with Crippen LogP contribution in [0.5, 0.6) is 0 Å². The van der Waals surface area contributed by atoms with Crippen LogP contribution in [-0.4, -0.2) is 15.6 Å². The van der Waals surface area contributed by atoms with Crippen LogP contribution in [0, 0.1) is 0 Å². The Hall–Kier alpha value is -1.55. The van der Waals surface area contributed by atoms with E-state index in [9.17, 15) is 9.90 Å². The van der Waals surface area contributed by atoms with Crippen LogP contribution < -0.4 is 0 Å². The molecule has 1 fully saturated rings. The van der Waals surface area contributed by atoms with Crippen LogP contribution in [0.25, 0.3) is 11.3 Å². The van der Waals surface area contributed by atoms with Crippen molar-refractivity contribution >= 4 is 21.9 Å². The first kappa shape index (κ1) is 11.5. The molecule has 0 spiro atoms. The number of carbonyl (C=O) groups is 1. The number of carboxylic acid groups (broad SMARTS) is 1. The zero-order valence-corrected chi connectivity index (χ0v) is 11.2. The SMILES string of the molecule is O=C(O)c1ccc(-c2cccc(Br)c2)n1C1CC1. The number of rotatable bonds is 3. The summed E-state index contributed by atoms with van der Waals surface area (Å²) in [6.07, 6.45) is 2.13. The number of carboxylic acids is 1. The molecular weight excluding hydrogens is 294 g/mol. The lowest BCUT2D eigenvalue weighted by Gasteiger charge is -2.10. The summed E-state index contributed by atoms with van der Waals surface area (Å²) in [5, 5.41) is 9.23. The summed E-state index contributed by atoms with van der Waals surface area (Å²) in [6.45, 7) is 0. The Labute approximate surface area is 113 Å². The van der Waals surface area contributed by atoms with Crippen molar-refractivity contribution in [3.63, 3.8) is 0 Å². The molecule has 1 aliphatic carbocycles. The first-order chi connectivity index (χ1) is 8.66. The van der Waals surface area contributed by atoms with E-state index in [1.807, 2.05) is 34.9 Å². The van der Waals surface area contributed by atoms with Crippen molar-refractivity contribution in [2.75, 3.05) is 0 Å². The molecule has 1 saturated carbocycles. The third-order valence-electron chi connectivity index (χ3n) is 3.17. The Morgan fingerprint density at radius 2 is 2.06 bits per heavy atom. The summed E-state index contributed by atoms with van der Waals surface area (Å²) in [6, 6.07) is 11.9. The molecule has 0 saturated heterocycles. The van der Waals surface area contributed by atoms with E-state index < -0.39 is 5.97 Å². The van der Waals surface area contributed by atoms with E-state index in [-0.39, 0.29) is 0 Å². The minimum Gasteiger partial charge on any atom is -0.477 e. The average molecular weight is 306 g/mol. The lowest BCUT2D eigenvalue weighted by molar-refractivity contribution is 0.0685. The fourth-order valence-electron chi connectivity index (χ4n) is 2.23. The number of hydrogen-bond acceptors (Lipinski definition) is 1. The molecule has 0 atom stereocenters. The molecule has 3 rings (SSSR count). The van der Waals surface area contributed by atoms with Crippen LogP contribution >= 0.6 is 15.9 Å². The van der Waals surface area contributed by atoms with Gasteiger partial charge in [0.15, 0.2) is 0 Å². The van der Waals surface area contributed by atoms with Gasteiger partial charge in [-0.3, -0.25) is 0 Å². The van der Waals surface area contributed by atoms with Crippen molar-refractivity contribution in [2.45, 2.75) is 18.9 Å². The maximum absolute atomic E-state index is 11.2. The molecule has 0 unspecified atom stereocenters. The van der Waals surface area contributed by atoms with E-state index in [1.54, 1.807) is 6.07 Å². The van der Waals surface area contributed by atoms with Gasteiger partial charge in [0.25, 0.3) is 0 Å². The van der Waals surface area contributed by atoms with E-state index in [0.717, 1.165) is 28.6 Å². The van der Waals surface area contributed by atoms with E-state index in [0.29, 0.717) is 11.7 Å². The third-order valence-corrected chi connectivity index (χ3v) is 3.66. The minimum absolute atomic E-state index is 0.347. The number of nitrogens with zero attached hydrogens (tertiary/aromatic N) is 1. The van der Waals surface area contributed by atoms with Gasteiger partial charge in [-0.2, -0.15) is 0 Å². The van der Waals surface area contributed by atoms with Crippen LogP contribution in [0.1, 0.15) is 29.4 Å². The predicted octanol–water partition coefficient (Wildman–Crippen LogP) is 3.95. The first-order valence-electron chi connectivity index (χ1n) is 5.87. The molecule has 2 aromatic rings. The maximum Gasteiger partial charge on any atom is 0.352 e. The molecule has 0 radical (unpaired) electrons. The van der Waals surface area contributed by atoms with Gasteiger partial charge in [-0.15, -0.1) is 0 Å². The number of aromatic carboxylic acids is 1. The second-order valence-corrected chi connectivity index (χ2v) is 5.44. The molecule has 0 amide bonds. The van der Waals surface area contributed by atoms with Gasteiger partial charge in [-0.25, -0.2) is 4.79 Å². The Morgan fingerprint density at radius 1 is 1.28 bits per heavy atom. The highest BCUT2D eigenvalue weighted by Gasteiger charge is 2.29. The van der Waals surface area contributed by atoms with Gasteiger partial charge in [0.2, 0.25) is 0 Å². The molecule has 0 bridgehead atoms. The molecule has 18 heavy (non-hydrogen) atoms. The molecule has 92 valence electrons. The Bertz CT molecular complexity index is 614. The number of hydrogen-bond donors (Lipinski definition) is 1. The molecule has 0 aliphatic heterocycles. The van der Waals surface area contributed by atoms with Crippen molar-refractivity contribution in [2.24, 2.45) is 0 Å².